The summed E-state index contributed by atoms with van der Waals surface area (Å²) < 4.78 is 29.4. The third kappa shape index (κ3) is 2.73. The number of benzene rings is 1. The van der Waals surface area contributed by atoms with Crippen molar-refractivity contribution in [1.82, 2.24) is 4.72 Å². The molecular formula is C15H19NO3S2. The Morgan fingerprint density at radius 3 is 2.62 bits per heavy atom. The van der Waals surface area contributed by atoms with Crippen molar-refractivity contribution in [3.63, 3.8) is 0 Å². The van der Waals surface area contributed by atoms with Crippen LogP contribution in [0.25, 0.3) is 10.1 Å². The van der Waals surface area contributed by atoms with E-state index in [0.29, 0.717) is 10.3 Å². The van der Waals surface area contributed by atoms with Gasteiger partial charge in [-0.3, -0.25) is 0 Å². The number of sulfonamides is 1. The van der Waals surface area contributed by atoms with E-state index >= 15 is 0 Å². The van der Waals surface area contributed by atoms with Crippen molar-refractivity contribution in [2.24, 2.45) is 0 Å². The normalized spacial score (nSPS) is 18.4. The predicted octanol–water partition coefficient (Wildman–Crippen LogP) is 3.00. The SMILES string of the molecule is CC1(NS(=O)(=O)c2c(CO)sc3ccccc23)CCCC1. The van der Waals surface area contributed by atoms with Crippen LogP contribution in [0.4, 0.5) is 0 Å². The van der Waals surface area contributed by atoms with Crippen molar-refractivity contribution in [1.29, 1.82) is 0 Å². The van der Waals surface area contributed by atoms with Gasteiger partial charge in [0.1, 0.15) is 4.90 Å². The van der Waals surface area contributed by atoms with E-state index in [4.69, 9.17) is 0 Å². The zero-order valence-corrected chi connectivity index (χ0v) is 13.6. The second kappa shape index (κ2) is 5.35. The van der Waals surface area contributed by atoms with Crippen LogP contribution in [0, 0.1) is 0 Å². The van der Waals surface area contributed by atoms with Crippen LogP contribution in [0.3, 0.4) is 0 Å². The van der Waals surface area contributed by atoms with Crippen molar-refractivity contribution in [2.75, 3.05) is 0 Å². The Kier molecular flexibility index (Phi) is 3.81. The van der Waals surface area contributed by atoms with Crippen LogP contribution in [0.1, 0.15) is 37.5 Å². The molecule has 0 bridgehead atoms. The fraction of sp³-hybridized carbons (Fsp3) is 0.467. The summed E-state index contributed by atoms with van der Waals surface area (Å²) in [5.74, 6) is 0. The van der Waals surface area contributed by atoms with E-state index < -0.39 is 10.0 Å². The fourth-order valence-corrected chi connectivity index (χ4v) is 6.37. The summed E-state index contributed by atoms with van der Waals surface area (Å²) >= 11 is 1.34. The molecule has 114 valence electrons. The summed E-state index contributed by atoms with van der Waals surface area (Å²) in [7, 11) is -3.63. The highest BCUT2D eigenvalue weighted by atomic mass is 32.2. The first-order valence-corrected chi connectivity index (χ1v) is 9.40. The molecule has 1 aromatic heterocycles. The predicted molar refractivity (Wildman–Crippen MR) is 84.9 cm³/mol. The molecule has 1 aliphatic carbocycles. The standard InChI is InChI=1S/C15H19NO3S2/c1-15(8-4-5-9-15)16-21(18,19)14-11-6-2-3-7-12(11)20-13(14)10-17/h2-3,6-7,16-17H,4-5,8-10H2,1H3. The van der Waals surface area contributed by atoms with E-state index in [-0.39, 0.29) is 17.0 Å². The maximum Gasteiger partial charge on any atom is 0.242 e. The summed E-state index contributed by atoms with van der Waals surface area (Å²) in [6.07, 6.45) is 3.83. The highest BCUT2D eigenvalue weighted by Crippen LogP contribution is 2.37. The number of aliphatic hydroxyl groups is 1. The van der Waals surface area contributed by atoms with Crippen LogP contribution in [0.15, 0.2) is 29.2 Å². The van der Waals surface area contributed by atoms with Gasteiger partial charge in [-0.15, -0.1) is 11.3 Å². The van der Waals surface area contributed by atoms with Gasteiger partial charge in [-0.25, -0.2) is 13.1 Å². The molecule has 1 heterocycles. The molecule has 0 amide bonds. The van der Waals surface area contributed by atoms with E-state index in [1.54, 1.807) is 6.07 Å². The lowest BCUT2D eigenvalue weighted by Crippen LogP contribution is -2.43. The molecule has 1 aromatic carbocycles. The number of rotatable bonds is 4. The van der Waals surface area contributed by atoms with Gasteiger partial charge < -0.3 is 5.11 Å². The van der Waals surface area contributed by atoms with Crippen LogP contribution in [-0.2, 0) is 16.6 Å². The lowest BCUT2D eigenvalue weighted by Gasteiger charge is -2.25. The largest absolute Gasteiger partial charge is 0.391 e. The lowest BCUT2D eigenvalue weighted by molar-refractivity contribution is 0.282. The fourth-order valence-electron chi connectivity index (χ4n) is 3.10. The highest BCUT2D eigenvalue weighted by molar-refractivity contribution is 7.90. The number of thiophene rings is 1. The Hall–Kier alpha value is -0.950. The molecule has 0 unspecified atom stereocenters. The molecule has 0 radical (unpaired) electrons. The molecule has 2 aromatic rings. The molecule has 21 heavy (non-hydrogen) atoms. The molecular weight excluding hydrogens is 306 g/mol. The van der Waals surface area contributed by atoms with Crippen molar-refractivity contribution < 1.29 is 13.5 Å². The smallest absolute Gasteiger partial charge is 0.242 e. The summed E-state index contributed by atoms with van der Waals surface area (Å²) in [6, 6.07) is 7.39. The zero-order valence-electron chi connectivity index (χ0n) is 11.9. The molecule has 3 rings (SSSR count). The van der Waals surface area contributed by atoms with Gasteiger partial charge in [0, 0.05) is 15.6 Å². The molecule has 0 aliphatic heterocycles. The Bertz CT molecular complexity index is 758. The van der Waals surface area contributed by atoms with Gasteiger partial charge in [0.05, 0.1) is 11.5 Å². The average Bonchev–Trinajstić information content (AvgIpc) is 3.01. The topological polar surface area (TPSA) is 66.4 Å². The van der Waals surface area contributed by atoms with E-state index in [1.807, 2.05) is 25.1 Å². The van der Waals surface area contributed by atoms with E-state index in [0.717, 1.165) is 30.4 Å². The first kappa shape index (κ1) is 15.0. The summed E-state index contributed by atoms with van der Waals surface area (Å²) in [5, 5.41) is 10.2. The molecule has 1 aliphatic rings. The quantitative estimate of drug-likeness (QED) is 0.908. The molecule has 2 N–H and O–H groups in total. The second-order valence-electron chi connectivity index (χ2n) is 5.88. The van der Waals surface area contributed by atoms with E-state index in [1.165, 1.54) is 11.3 Å². The Morgan fingerprint density at radius 2 is 1.95 bits per heavy atom. The third-order valence-corrected chi connectivity index (χ3v) is 7.17. The molecule has 0 saturated heterocycles. The Morgan fingerprint density at radius 1 is 1.29 bits per heavy atom. The molecule has 0 spiro atoms. The number of hydrogen-bond donors (Lipinski definition) is 2. The van der Waals surface area contributed by atoms with Gasteiger partial charge in [-0.1, -0.05) is 31.0 Å². The summed E-state index contributed by atoms with van der Waals surface area (Å²) in [4.78, 5) is 0.754. The number of hydrogen-bond acceptors (Lipinski definition) is 4. The summed E-state index contributed by atoms with van der Waals surface area (Å²) in [6.45, 7) is 1.71. The third-order valence-electron chi connectivity index (χ3n) is 4.12. The van der Waals surface area contributed by atoms with Crippen LogP contribution in [-0.4, -0.2) is 19.1 Å². The number of aliphatic hydroxyl groups excluding tert-OH is 1. The monoisotopic (exact) mass is 325 g/mol. The molecule has 6 heteroatoms. The first-order chi connectivity index (χ1) is 9.95. The van der Waals surface area contributed by atoms with Crippen molar-refractivity contribution in [3.8, 4) is 0 Å². The van der Waals surface area contributed by atoms with Gasteiger partial charge in [0.25, 0.3) is 0 Å². The average molecular weight is 325 g/mol. The highest BCUT2D eigenvalue weighted by Gasteiger charge is 2.35. The van der Waals surface area contributed by atoms with Crippen molar-refractivity contribution in [2.45, 2.75) is 49.6 Å². The summed E-state index contributed by atoms with van der Waals surface area (Å²) in [5.41, 5.74) is -0.366. The van der Waals surface area contributed by atoms with E-state index in [9.17, 15) is 13.5 Å². The van der Waals surface area contributed by atoms with Gasteiger partial charge in [-0.05, 0) is 25.8 Å². The van der Waals surface area contributed by atoms with Crippen LogP contribution >= 0.6 is 11.3 Å². The second-order valence-corrected chi connectivity index (χ2v) is 8.64. The molecule has 1 fully saturated rings. The van der Waals surface area contributed by atoms with Crippen LogP contribution in [0.2, 0.25) is 0 Å². The number of fused-ring (bicyclic) bond motifs is 1. The van der Waals surface area contributed by atoms with E-state index in [2.05, 4.69) is 4.72 Å². The zero-order chi connectivity index (χ0) is 15.1. The van der Waals surface area contributed by atoms with Gasteiger partial charge >= 0.3 is 0 Å². The van der Waals surface area contributed by atoms with Crippen molar-refractivity contribution >= 4 is 31.4 Å². The van der Waals surface area contributed by atoms with Crippen LogP contribution in [0.5, 0.6) is 0 Å². The molecule has 1 saturated carbocycles. The minimum atomic E-state index is -3.63. The maximum atomic E-state index is 12.8. The first-order valence-electron chi connectivity index (χ1n) is 7.10. The molecule has 4 nitrogen and oxygen atoms in total. The maximum absolute atomic E-state index is 12.8. The van der Waals surface area contributed by atoms with Gasteiger partial charge in [-0.2, -0.15) is 0 Å². The Labute approximate surface area is 128 Å². The van der Waals surface area contributed by atoms with Crippen molar-refractivity contribution in [3.05, 3.63) is 29.1 Å². The number of nitrogens with one attached hydrogen (secondary N) is 1. The minimum Gasteiger partial charge on any atom is -0.391 e. The minimum absolute atomic E-state index is 0.249. The van der Waals surface area contributed by atoms with Crippen LogP contribution < -0.4 is 4.72 Å². The Balaban J connectivity index is 2.10. The lowest BCUT2D eigenvalue weighted by atomic mass is 10.0. The van der Waals surface area contributed by atoms with Gasteiger partial charge in [0.2, 0.25) is 10.0 Å². The van der Waals surface area contributed by atoms with Gasteiger partial charge in [0.15, 0.2) is 0 Å². The molecule has 0 atom stereocenters.